The second-order valence-electron chi connectivity index (χ2n) is 3.54. The number of thiophene rings is 1. The maximum atomic E-state index is 5.17. The van der Waals surface area contributed by atoms with Crippen LogP contribution < -0.4 is 10.1 Å². The second kappa shape index (κ2) is 5.56. The molecule has 0 aliphatic heterocycles. The largest absolute Gasteiger partial charge is 0.497 e. The highest BCUT2D eigenvalue weighted by Gasteiger charge is 1.96. The number of hydrogen-bond donors (Lipinski definition) is 1. The summed E-state index contributed by atoms with van der Waals surface area (Å²) < 4.78 is 5.17. The summed E-state index contributed by atoms with van der Waals surface area (Å²) in [6.45, 7) is 0.948. The smallest absolute Gasteiger partial charge is 0.120 e. The molecule has 0 radical (unpaired) electrons. The summed E-state index contributed by atoms with van der Waals surface area (Å²) in [6.07, 6.45) is 1.06. The van der Waals surface area contributed by atoms with Gasteiger partial charge in [0.15, 0.2) is 0 Å². The third kappa shape index (κ3) is 3.00. The minimum atomic E-state index is 0.889. The van der Waals surface area contributed by atoms with Crippen molar-refractivity contribution in [3.8, 4) is 5.75 Å². The Morgan fingerprint density at radius 1 is 1.31 bits per heavy atom. The normalized spacial score (nSPS) is 10.1. The fourth-order valence-electron chi connectivity index (χ4n) is 1.52. The molecular weight excluding hydrogens is 218 g/mol. The molecule has 16 heavy (non-hydrogen) atoms. The van der Waals surface area contributed by atoms with Gasteiger partial charge in [-0.1, -0.05) is 6.07 Å². The molecule has 0 saturated carbocycles. The molecule has 1 aromatic heterocycles. The predicted octanol–water partition coefficient (Wildman–Crippen LogP) is 3.41. The molecule has 0 aliphatic carbocycles. The van der Waals surface area contributed by atoms with Gasteiger partial charge in [0.05, 0.1) is 7.11 Å². The lowest BCUT2D eigenvalue weighted by Gasteiger charge is -2.07. The lowest BCUT2D eigenvalue weighted by atomic mass is 10.2. The van der Waals surface area contributed by atoms with Crippen molar-refractivity contribution in [3.05, 3.63) is 46.7 Å². The van der Waals surface area contributed by atoms with E-state index in [1.54, 1.807) is 18.4 Å². The van der Waals surface area contributed by atoms with Crippen LogP contribution in [0.2, 0.25) is 0 Å². The van der Waals surface area contributed by atoms with Gasteiger partial charge in [0.2, 0.25) is 0 Å². The summed E-state index contributed by atoms with van der Waals surface area (Å²) in [5.41, 5.74) is 2.50. The van der Waals surface area contributed by atoms with Gasteiger partial charge in [-0.05, 0) is 40.9 Å². The molecule has 0 fully saturated rings. The SMILES string of the molecule is COc1cccc(NCCc2ccsc2)c1. The van der Waals surface area contributed by atoms with Crippen molar-refractivity contribution in [1.29, 1.82) is 0 Å². The standard InChI is InChI=1S/C13H15NOS/c1-15-13-4-2-3-12(9-13)14-7-5-11-6-8-16-10-11/h2-4,6,8-10,14H,5,7H2,1H3. The van der Waals surface area contributed by atoms with Gasteiger partial charge < -0.3 is 10.1 Å². The molecule has 0 atom stereocenters. The average Bonchev–Trinajstić information content (AvgIpc) is 2.82. The Hall–Kier alpha value is -1.48. The highest BCUT2D eigenvalue weighted by Crippen LogP contribution is 2.16. The highest BCUT2D eigenvalue weighted by atomic mass is 32.1. The number of benzene rings is 1. The van der Waals surface area contributed by atoms with Gasteiger partial charge in [-0.2, -0.15) is 11.3 Å². The van der Waals surface area contributed by atoms with Crippen LogP contribution in [0.3, 0.4) is 0 Å². The van der Waals surface area contributed by atoms with E-state index >= 15 is 0 Å². The predicted molar refractivity (Wildman–Crippen MR) is 69.5 cm³/mol. The summed E-state index contributed by atoms with van der Waals surface area (Å²) in [5, 5.41) is 7.68. The zero-order chi connectivity index (χ0) is 11.2. The molecule has 0 bridgehead atoms. The van der Waals surface area contributed by atoms with Gasteiger partial charge >= 0.3 is 0 Å². The Morgan fingerprint density at radius 2 is 2.25 bits per heavy atom. The molecule has 0 amide bonds. The van der Waals surface area contributed by atoms with Gasteiger partial charge in [0, 0.05) is 18.3 Å². The van der Waals surface area contributed by atoms with E-state index in [4.69, 9.17) is 4.74 Å². The Labute approximate surface area is 99.9 Å². The van der Waals surface area contributed by atoms with Crippen LogP contribution in [0.15, 0.2) is 41.1 Å². The number of methoxy groups -OCH3 is 1. The number of rotatable bonds is 5. The fourth-order valence-corrected chi connectivity index (χ4v) is 2.22. The second-order valence-corrected chi connectivity index (χ2v) is 4.32. The van der Waals surface area contributed by atoms with Crippen LogP contribution in [-0.4, -0.2) is 13.7 Å². The molecule has 84 valence electrons. The first-order chi connectivity index (χ1) is 7.88. The highest BCUT2D eigenvalue weighted by molar-refractivity contribution is 7.07. The summed E-state index contributed by atoms with van der Waals surface area (Å²) in [4.78, 5) is 0. The minimum Gasteiger partial charge on any atom is -0.497 e. The zero-order valence-electron chi connectivity index (χ0n) is 9.27. The first-order valence-corrected chi connectivity index (χ1v) is 6.22. The van der Waals surface area contributed by atoms with Crippen molar-refractivity contribution in [2.24, 2.45) is 0 Å². The Bertz CT molecular complexity index is 425. The summed E-state index contributed by atoms with van der Waals surface area (Å²) in [5.74, 6) is 0.889. The quantitative estimate of drug-likeness (QED) is 0.854. The van der Waals surface area contributed by atoms with E-state index in [-0.39, 0.29) is 0 Å². The van der Waals surface area contributed by atoms with Gasteiger partial charge in [-0.3, -0.25) is 0 Å². The molecule has 2 aromatic rings. The van der Waals surface area contributed by atoms with Crippen LogP contribution >= 0.6 is 11.3 Å². The van der Waals surface area contributed by atoms with Crippen LogP contribution in [0.1, 0.15) is 5.56 Å². The number of ether oxygens (including phenoxy) is 1. The van der Waals surface area contributed by atoms with E-state index < -0.39 is 0 Å². The maximum Gasteiger partial charge on any atom is 0.120 e. The van der Waals surface area contributed by atoms with Crippen LogP contribution in [0.5, 0.6) is 5.75 Å². The molecule has 2 rings (SSSR count). The molecule has 0 aliphatic rings. The van der Waals surface area contributed by atoms with E-state index in [0.717, 1.165) is 24.4 Å². The van der Waals surface area contributed by atoms with E-state index in [1.807, 2.05) is 18.2 Å². The Balaban J connectivity index is 1.85. The Kier molecular flexibility index (Phi) is 3.83. The van der Waals surface area contributed by atoms with Gasteiger partial charge in [-0.15, -0.1) is 0 Å². The lowest BCUT2D eigenvalue weighted by molar-refractivity contribution is 0.415. The van der Waals surface area contributed by atoms with E-state index in [0.29, 0.717) is 0 Å². The third-order valence-electron chi connectivity index (χ3n) is 2.39. The van der Waals surface area contributed by atoms with Crippen molar-refractivity contribution in [1.82, 2.24) is 0 Å². The molecule has 0 spiro atoms. The first-order valence-electron chi connectivity index (χ1n) is 5.27. The molecule has 2 nitrogen and oxygen atoms in total. The van der Waals surface area contributed by atoms with Crippen molar-refractivity contribution >= 4 is 17.0 Å². The van der Waals surface area contributed by atoms with Gasteiger partial charge in [0.1, 0.15) is 5.75 Å². The van der Waals surface area contributed by atoms with Crippen LogP contribution in [-0.2, 0) is 6.42 Å². The topological polar surface area (TPSA) is 21.3 Å². The molecule has 1 N–H and O–H groups in total. The van der Waals surface area contributed by atoms with Crippen molar-refractivity contribution < 1.29 is 4.74 Å². The molecule has 0 unspecified atom stereocenters. The van der Waals surface area contributed by atoms with Crippen LogP contribution in [0.25, 0.3) is 0 Å². The maximum absolute atomic E-state index is 5.17. The van der Waals surface area contributed by atoms with E-state index in [1.165, 1.54) is 5.56 Å². The minimum absolute atomic E-state index is 0.889. The molecular formula is C13H15NOS. The fraction of sp³-hybridized carbons (Fsp3) is 0.231. The molecule has 0 saturated heterocycles. The van der Waals surface area contributed by atoms with Gasteiger partial charge in [0.25, 0.3) is 0 Å². The van der Waals surface area contributed by atoms with Crippen LogP contribution in [0, 0.1) is 0 Å². The Morgan fingerprint density at radius 3 is 3.00 bits per heavy atom. The third-order valence-corrected chi connectivity index (χ3v) is 3.12. The van der Waals surface area contributed by atoms with E-state index in [2.05, 4.69) is 28.2 Å². The van der Waals surface area contributed by atoms with E-state index in [9.17, 15) is 0 Å². The number of nitrogens with one attached hydrogen (secondary N) is 1. The number of anilines is 1. The van der Waals surface area contributed by atoms with Crippen molar-refractivity contribution in [2.75, 3.05) is 19.0 Å². The van der Waals surface area contributed by atoms with Crippen molar-refractivity contribution in [3.63, 3.8) is 0 Å². The lowest BCUT2D eigenvalue weighted by Crippen LogP contribution is -2.04. The number of hydrogen-bond acceptors (Lipinski definition) is 3. The van der Waals surface area contributed by atoms with Gasteiger partial charge in [-0.25, -0.2) is 0 Å². The average molecular weight is 233 g/mol. The first kappa shape index (κ1) is 11.0. The molecule has 1 heterocycles. The van der Waals surface area contributed by atoms with Crippen LogP contribution in [0.4, 0.5) is 5.69 Å². The molecule has 1 aromatic carbocycles. The molecule has 3 heteroatoms. The summed E-state index contributed by atoms with van der Waals surface area (Å²) >= 11 is 1.74. The van der Waals surface area contributed by atoms with Crippen molar-refractivity contribution in [2.45, 2.75) is 6.42 Å². The summed E-state index contributed by atoms with van der Waals surface area (Å²) in [7, 11) is 1.68. The monoisotopic (exact) mass is 233 g/mol. The summed E-state index contributed by atoms with van der Waals surface area (Å²) in [6, 6.07) is 10.2. The zero-order valence-corrected chi connectivity index (χ0v) is 10.1.